The second kappa shape index (κ2) is 4.89. The molecule has 2 rings (SSSR count). The predicted molar refractivity (Wildman–Crippen MR) is 64.9 cm³/mol. The molecule has 0 radical (unpaired) electrons. The third kappa shape index (κ3) is 2.77. The Bertz CT molecular complexity index is 552. The van der Waals surface area contributed by atoms with Gasteiger partial charge in [0.15, 0.2) is 0 Å². The maximum absolute atomic E-state index is 10.8. The molecule has 0 heterocycles. The number of carboxylic acid groups (broad SMARTS) is 1. The number of rotatable bonds is 3. The number of benzene rings is 2. The fourth-order valence-corrected chi connectivity index (χ4v) is 1.52. The van der Waals surface area contributed by atoms with E-state index in [2.05, 4.69) is 0 Å². The van der Waals surface area contributed by atoms with Crippen LogP contribution in [0, 0.1) is 0 Å². The summed E-state index contributed by atoms with van der Waals surface area (Å²) in [5.74, 6) is -0.0516. The normalized spacial score (nSPS) is 9.94. The zero-order valence-corrected chi connectivity index (χ0v) is 9.52. The lowest BCUT2D eigenvalue weighted by Gasteiger charge is -2.07. The molecule has 2 aromatic rings. The monoisotopic (exact) mass is 248 g/mol. The molecule has 0 spiro atoms. The molecule has 0 amide bonds. The van der Waals surface area contributed by atoms with Gasteiger partial charge < -0.3 is 9.84 Å². The summed E-state index contributed by atoms with van der Waals surface area (Å²) in [7, 11) is 0. The van der Waals surface area contributed by atoms with Crippen molar-refractivity contribution in [3.63, 3.8) is 0 Å². The van der Waals surface area contributed by atoms with Gasteiger partial charge in [0.25, 0.3) is 0 Å². The average Bonchev–Trinajstić information content (AvgIpc) is 2.32. The molecule has 0 bridgehead atoms. The van der Waals surface area contributed by atoms with Crippen molar-refractivity contribution in [3.8, 4) is 11.5 Å². The summed E-state index contributed by atoms with van der Waals surface area (Å²) in [6.45, 7) is 0. The van der Waals surface area contributed by atoms with Gasteiger partial charge in [0.05, 0.1) is 10.6 Å². The zero-order chi connectivity index (χ0) is 12.3. The third-order valence-electron chi connectivity index (χ3n) is 2.15. The van der Waals surface area contributed by atoms with Crippen LogP contribution in [0.4, 0.5) is 0 Å². The number of aromatic carboxylic acids is 1. The van der Waals surface area contributed by atoms with Crippen LogP contribution in [0.2, 0.25) is 5.02 Å². The van der Waals surface area contributed by atoms with Gasteiger partial charge in [-0.3, -0.25) is 0 Å². The summed E-state index contributed by atoms with van der Waals surface area (Å²) in [4.78, 5) is 10.8. The second-order valence-corrected chi connectivity index (χ2v) is 3.77. The molecule has 0 atom stereocenters. The topological polar surface area (TPSA) is 46.5 Å². The van der Waals surface area contributed by atoms with Crippen LogP contribution in [-0.2, 0) is 0 Å². The Morgan fingerprint density at radius 3 is 2.59 bits per heavy atom. The minimum absolute atomic E-state index is 0.176. The van der Waals surface area contributed by atoms with Crippen molar-refractivity contribution < 1.29 is 14.6 Å². The van der Waals surface area contributed by atoms with Crippen molar-refractivity contribution in [2.75, 3.05) is 0 Å². The van der Waals surface area contributed by atoms with Crippen molar-refractivity contribution in [1.29, 1.82) is 0 Å². The number of carbonyl (C=O) groups is 1. The van der Waals surface area contributed by atoms with Crippen molar-refractivity contribution >= 4 is 17.6 Å². The van der Waals surface area contributed by atoms with Gasteiger partial charge in [-0.05, 0) is 30.3 Å². The van der Waals surface area contributed by atoms with Gasteiger partial charge in [0.1, 0.15) is 11.5 Å². The second-order valence-electron chi connectivity index (χ2n) is 3.37. The molecule has 17 heavy (non-hydrogen) atoms. The average molecular weight is 249 g/mol. The van der Waals surface area contributed by atoms with Crippen LogP contribution in [0.3, 0.4) is 0 Å². The number of hydrogen-bond donors (Lipinski definition) is 1. The fourth-order valence-electron chi connectivity index (χ4n) is 1.35. The van der Waals surface area contributed by atoms with Gasteiger partial charge in [-0.15, -0.1) is 0 Å². The first-order valence-corrected chi connectivity index (χ1v) is 5.30. The van der Waals surface area contributed by atoms with Crippen LogP contribution < -0.4 is 4.74 Å². The summed E-state index contributed by atoms with van der Waals surface area (Å²) in [6, 6.07) is 13.3. The van der Waals surface area contributed by atoms with E-state index in [0.29, 0.717) is 16.5 Å². The minimum atomic E-state index is -0.991. The molecular weight excluding hydrogens is 240 g/mol. The van der Waals surface area contributed by atoms with Crippen molar-refractivity contribution in [2.24, 2.45) is 0 Å². The Morgan fingerprint density at radius 1 is 1.12 bits per heavy atom. The molecule has 0 aliphatic heterocycles. The van der Waals surface area contributed by atoms with Gasteiger partial charge in [0.2, 0.25) is 0 Å². The van der Waals surface area contributed by atoms with E-state index >= 15 is 0 Å². The highest BCUT2D eigenvalue weighted by molar-refractivity contribution is 6.32. The zero-order valence-electron chi connectivity index (χ0n) is 8.76. The Hall–Kier alpha value is -2.00. The van der Waals surface area contributed by atoms with Crippen LogP contribution in [0.1, 0.15) is 10.4 Å². The lowest BCUT2D eigenvalue weighted by Crippen LogP contribution is -1.96. The molecule has 0 unspecified atom stereocenters. The van der Waals surface area contributed by atoms with Gasteiger partial charge in [-0.25, -0.2) is 4.79 Å². The third-order valence-corrected chi connectivity index (χ3v) is 2.46. The van der Waals surface area contributed by atoms with Gasteiger partial charge in [-0.1, -0.05) is 29.8 Å². The summed E-state index contributed by atoms with van der Waals surface area (Å²) < 4.78 is 5.50. The molecule has 0 fully saturated rings. The Morgan fingerprint density at radius 2 is 1.88 bits per heavy atom. The van der Waals surface area contributed by atoms with Crippen molar-refractivity contribution in [3.05, 3.63) is 59.1 Å². The molecule has 2 aromatic carbocycles. The largest absolute Gasteiger partial charge is 0.478 e. The molecule has 86 valence electrons. The van der Waals surface area contributed by atoms with Crippen molar-refractivity contribution in [1.82, 2.24) is 0 Å². The molecule has 4 heteroatoms. The molecule has 0 aliphatic carbocycles. The SMILES string of the molecule is O=C(O)c1cccc(Oc2ccccc2Cl)c1. The lowest BCUT2D eigenvalue weighted by atomic mass is 10.2. The number of hydrogen-bond acceptors (Lipinski definition) is 2. The van der Waals surface area contributed by atoms with E-state index in [9.17, 15) is 4.79 Å². The maximum atomic E-state index is 10.8. The van der Waals surface area contributed by atoms with E-state index < -0.39 is 5.97 Å². The van der Waals surface area contributed by atoms with Crippen LogP contribution in [0.5, 0.6) is 11.5 Å². The summed E-state index contributed by atoms with van der Waals surface area (Å²) in [5, 5.41) is 9.33. The Balaban J connectivity index is 2.28. The Labute approximate surface area is 103 Å². The first-order valence-electron chi connectivity index (χ1n) is 4.92. The first-order chi connectivity index (χ1) is 8.16. The van der Waals surface area contributed by atoms with Crippen LogP contribution in [0.15, 0.2) is 48.5 Å². The number of ether oxygens (including phenoxy) is 1. The van der Waals surface area contributed by atoms with E-state index in [1.807, 2.05) is 0 Å². The highest BCUT2D eigenvalue weighted by Crippen LogP contribution is 2.29. The molecule has 3 nitrogen and oxygen atoms in total. The van der Waals surface area contributed by atoms with Crippen molar-refractivity contribution in [2.45, 2.75) is 0 Å². The quantitative estimate of drug-likeness (QED) is 0.898. The van der Waals surface area contributed by atoms with Gasteiger partial charge in [0, 0.05) is 0 Å². The van der Waals surface area contributed by atoms with E-state index in [4.69, 9.17) is 21.4 Å². The van der Waals surface area contributed by atoms with E-state index in [1.54, 1.807) is 36.4 Å². The molecule has 1 N–H and O–H groups in total. The molecule has 0 aromatic heterocycles. The molecule has 0 saturated carbocycles. The van der Waals surface area contributed by atoms with Crippen LogP contribution in [-0.4, -0.2) is 11.1 Å². The fraction of sp³-hybridized carbons (Fsp3) is 0. The Kier molecular flexibility index (Phi) is 3.30. The summed E-state index contributed by atoms with van der Waals surface area (Å²) in [6.07, 6.45) is 0. The summed E-state index contributed by atoms with van der Waals surface area (Å²) >= 11 is 5.94. The van der Waals surface area contributed by atoms with Gasteiger partial charge in [-0.2, -0.15) is 0 Å². The predicted octanol–water partition coefficient (Wildman–Crippen LogP) is 3.83. The van der Waals surface area contributed by atoms with E-state index in [0.717, 1.165) is 0 Å². The summed E-state index contributed by atoms with van der Waals surface area (Å²) in [5.41, 5.74) is 0.176. The lowest BCUT2D eigenvalue weighted by molar-refractivity contribution is 0.0696. The molecule has 0 aliphatic rings. The van der Waals surface area contributed by atoms with E-state index in [1.165, 1.54) is 12.1 Å². The molecular formula is C13H9ClO3. The van der Waals surface area contributed by atoms with Crippen LogP contribution in [0.25, 0.3) is 0 Å². The number of para-hydroxylation sites is 1. The molecule has 0 saturated heterocycles. The van der Waals surface area contributed by atoms with E-state index in [-0.39, 0.29) is 5.56 Å². The number of halogens is 1. The maximum Gasteiger partial charge on any atom is 0.335 e. The van der Waals surface area contributed by atoms with Gasteiger partial charge >= 0.3 is 5.97 Å². The highest BCUT2D eigenvalue weighted by atomic mass is 35.5. The first kappa shape index (κ1) is 11.5. The smallest absolute Gasteiger partial charge is 0.335 e. The number of carboxylic acids is 1. The minimum Gasteiger partial charge on any atom is -0.478 e. The van der Waals surface area contributed by atoms with Crippen LogP contribution >= 0.6 is 11.6 Å². The standard InChI is InChI=1S/C13H9ClO3/c14-11-6-1-2-7-12(11)17-10-5-3-4-9(8-10)13(15)16/h1-8H,(H,15,16). The highest BCUT2D eigenvalue weighted by Gasteiger charge is 2.06.